The highest BCUT2D eigenvalue weighted by molar-refractivity contribution is 7.85. The molecule has 160 valence electrons. The minimum atomic E-state index is -1.29. The summed E-state index contributed by atoms with van der Waals surface area (Å²) in [7, 11) is 0.298. The molecule has 0 N–H and O–H groups in total. The van der Waals surface area contributed by atoms with Crippen molar-refractivity contribution in [3.63, 3.8) is 0 Å². The number of carbonyl (C=O) groups is 2. The number of benzene rings is 2. The van der Waals surface area contributed by atoms with E-state index in [1.54, 1.807) is 26.2 Å². The van der Waals surface area contributed by atoms with E-state index in [0.29, 0.717) is 11.5 Å². The van der Waals surface area contributed by atoms with E-state index in [1.165, 1.54) is 4.90 Å². The molecule has 0 aliphatic carbocycles. The second-order valence-corrected chi connectivity index (χ2v) is 8.56. The van der Waals surface area contributed by atoms with E-state index >= 15 is 0 Å². The van der Waals surface area contributed by atoms with Crippen LogP contribution in [0.15, 0.2) is 60.7 Å². The van der Waals surface area contributed by atoms with Crippen molar-refractivity contribution in [1.29, 1.82) is 0 Å². The molecule has 2 amide bonds. The van der Waals surface area contributed by atoms with E-state index < -0.39 is 16.7 Å². The monoisotopic (exact) mass is 427 g/mol. The van der Waals surface area contributed by atoms with Gasteiger partial charge in [0, 0.05) is 16.6 Å². The molecule has 6 heteroatoms. The molecule has 2 rings (SSSR count). The molecule has 1 atom stereocenters. The number of imide groups is 1. The zero-order valence-corrected chi connectivity index (χ0v) is 18.6. The SMILES string of the molecule is C/C=C/Cc1ccccc1CC(=O)N(Cc1ccc(OC)cc1)C(=O)CS(=O)CC. The Labute approximate surface area is 181 Å². The number of methoxy groups -OCH3 is 1. The normalized spacial score (nSPS) is 12.0. The number of amides is 2. The molecular formula is C24H29NO4S. The summed E-state index contributed by atoms with van der Waals surface area (Å²) in [6, 6.07) is 15.0. The molecule has 2 aromatic carbocycles. The number of nitrogens with zero attached hydrogens (tertiary/aromatic N) is 1. The quantitative estimate of drug-likeness (QED) is 0.543. The lowest BCUT2D eigenvalue weighted by molar-refractivity contribution is -0.143. The van der Waals surface area contributed by atoms with Gasteiger partial charge < -0.3 is 4.74 Å². The molecule has 0 spiro atoms. The third kappa shape index (κ3) is 6.95. The van der Waals surface area contributed by atoms with Gasteiger partial charge in [-0.2, -0.15) is 0 Å². The Kier molecular flexibility index (Phi) is 9.48. The smallest absolute Gasteiger partial charge is 0.242 e. The van der Waals surface area contributed by atoms with Crippen LogP contribution < -0.4 is 4.74 Å². The maximum absolute atomic E-state index is 13.1. The number of rotatable bonds is 10. The summed E-state index contributed by atoms with van der Waals surface area (Å²) in [5.74, 6) is 0.216. The first-order valence-electron chi connectivity index (χ1n) is 9.97. The molecule has 5 nitrogen and oxygen atoms in total. The van der Waals surface area contributed by atoms with Crippen LogP contribution in [0.1, 0.15) is 30.5 Å². The minimum Gasteiger partial charge on any atom is -0.497 e. The van der Waals surface area contributed by atoms with Gasteiger partial charge in [0.1, 0.15) is 11.5 Å². The van der Waals surface area contributed by atoms with Crippen LogP contribution in [-0.4, -0.2) is 39.5 Å². The second-order valence-electron chi connectivity index (χ2n) is 6.81. The fourth-order valence-electron chi connectivity index (χ4n) is 2.98. The highest BCUT2D eigenvalue weighted by Crippen LogP contribution is 2.16. The van der Waals surface area contributed by atoms with E-state index in [1.807, 2.05) is 55.5 Å². The van der Waals surface area contributed by atoms with Gasteiger partial charge in [0.05, 0.1) is 20.1 Å². The molecule has 0 saturated carbocycles. The fraction of sp³-hybridized carbons (Fsp3) is 0.333. The predicted molar refractivity (Wildman–Crippen MR) is 121 cm³/mol. The standard InChI is InChI=1S/C24H29NO4S/c1-4-6-9-20-10-7-8-11-21(20)16-23(26)25(24(27)18-30(28)5-2)17-19-12-14-22(29-3)15-13-19/h4,6-8,10-15H,5,9,16-18H2,1-3H3/b6-4+. The van der Waals surface area contributed by atoms with Gasteiger partial charge in [0.2, 0.25) is 11.8 Å². The summed E-state index contributed by atoms with van der Waals surface area (Å²) < 4.78 is 17.1. The lowest BCUT2D eigenvalue weighted by Gasteiger charge is -2.22. The third-order valence-electron chi connectivity index (χ3n) is 4.74. The van der Waals surface area contributed by atoms with Crippen molar-refractivity contribution >= 4 is 22.6 Å². The van der Waals surface area contributed by atoms with Crippen molar-refractivity contribution in [2.45, 2.75) is 33.2 Å². The highest BCUT2D eigenvalue weighted by atomic mass is 32.2. The Balaban J connectivity index is 2.25. The molecule has 0 aliphatic rings. The van der Waals surface area contributed by atoms with Crippen LogP contribution in [0, 0.1) is 0 Å². The van der Waals surface area contributed by atoms with Crippen molar-refractivity contribution in [2.75, 3.05) is 18.6 Å². The van der Waals surface area contributed by atoms with Gasteiger partial charge in [-0.15, -0.1) is 0 Å². The van der Waals surface area contributed by atoms with Crippen molar-refractivity contribution in [3.8, 4) is 5.75 Å². The van der Waals surface area contributed by atoms with Gasteiger partial charge in [-0.1, -0.05) is 55.5 Å². The van der Waals surface area contributed by atoms with Crippen molar-refractivity contribution in [2.24, 2.45) is 0 Å². The largest absolute Gasteiger partial charge is 0.497 e. The van der Waals surface area contributed by atoms with Crippen LogP contribution in [-0.2, 0) is 39.8 Å². The molecule has 0 radical (unpaired) electrons. The van der Waals surface area contributed by atoms with Crippen molar-refractivity contribution < 1.29 is 18.5 Å². The molecule has 30 heavy (non-hydrogen) atoms. The van der Waals surface area contributed by atoms with Gasteiger partial charge in [0.15, 0.2) is 0 Å². The lowest BCUT2D eigenvalue weighted by Crippen LogP contribution is -2.40. The molecule has 0 aromatic heterocycles. The van der Waals surface area contributed by atoms with Crippen LogP contribution >= 0.6 is 0 Å². The van der Waals surface area contributed by atoms with E-state index in [0.717, 1.165) is 23.1 Å². The summed E-state index contributed by atoms with van der Waals surface area (Å²) in [5, 5.41) is 0. The topological polar surface area (TPSA) is 63.7 Å². The van der Waals surface area contributed by atoms with Gasteiger partial charge in [-0.05, 0) is 42.2 Å². The van der Waals surface area contributed by atoms with Crippen LogP contribution in [0.4, 0.5) is 0 Å². The van der Waals surface area contributed by atoms with E-state index in [2.05, 4.69) is 0 Å². The predicted octanol–water partition coefficient (Wildman–Crippen LogP) is 3.68. The Hall–Kier alpha value is -2.73. The Morgan fingerprint density at radius 2 is 1.70 bits per heavy atom. The molecule has 0 bridgehead atoms. The Morgan fingerprint density at radius 3 is 2.30 bits per heavy atom. The molecule has 0 aliphatic heterocycles. The van der Waals surface area contributed by atoms with E-state index in [-0.39, 0.29) is 24.6 Å². The molecule has 1 unspecified atom stereocenters. The van der Waals surface area contributed by atoms with Crippen LogP contribution in [0.3, 0.4) is 0 Å². The molecule has 0 saturated heterocycles. The fourth-order valence-corrected chi connectivity index (χ4v) is 3.61. The molecule has 0 heterocycles. The zero-order valence-electron chi connectivity index (χ0n) is 17.8. The minimum absolute atomic E-state index is 0.119. The molecular weight excluding hydrogens is 398 g/mol. The van der Waals surface area contributed by atoms with E-state index in [4.69, 9.17) is 4.74 Å². The van der Waals surface area contributed by atoms with Crippen LogP contribution in [0.25, 0.3) is 0 Å². The van der Waals surface area contributed by atoms with Crippen molar-refractivity contribution in [1.82, 2.24) is 4.90 Å². The van der Waals surface area contributed by atoms with E-state index in [9.17, 15) is 13.8 Å². The molecule has 0 fully saturated rings. The number of ether oxygens (including phenoxy) is 1. The molecule has 2 aromatic rings. The van der Waals surface area contributed by atoms with Crippen LogP contribution in [0.5, 0.6) is 5.75 Å². The lowest BCUT2D eigenvalue weighted by atomic mass is 10.0. The number of hydrogen-bond donors (Lipinski definition) is 0. The van der Waals surface area contributed by atoms with Gasteiger partial charge in [-0.25, -0.2) is 0 Å². The first-order chi connectivity index (χ1) is 14.5. The summed E-state index contributed by atoms with van der Waals surface area (Å²) in [6.07, 6.45) is 4.85. The van der Waals surface area contributed by atoms with Gasteiger partial charge in [-0.3, -0.25) is 18.7 Å². The maximum atomic E-state index is 13.1. The van der Waals surface area contributed by atoms with Gasteiger partial charge >= 0.3 is 0 Å². The Bertz CT molecular complexity index is 906. The maximum Gasteiger partial charge on any atom is 0.242 e. The first-order valence-corrected chi connectivity index (χ1v) is 11.5. The highest BCUT2D eigenvalue weighted by Gasteiger charge is 2.24. The number of carbonyl (C=O) groups excluding carboxylic acids is 2. The first kappa shape index (κ1) is 23.5. The summed E-state index contributed by atoms with van der Waals surface area (Å²) >= 11 is 0. The van der Waals surface area contributed by atoms with Crippen molar-refractivity contribution in [3.05, 3.63) is 77.4 Å². The number of allylic oxidation sites excluding steroid dienone is 2. The summed E-state index contributed by atoms with van der Waals surface area (Å²) in [6.45, 7) is 3.85. The Morgan fingerprint density at radius 1 is 1.03 bits per heavy atom. The number of hydrogen-bond acceptors (Lipinski definition) is 4. The average molecular weight is 428 g/mol. The summed E-state index contributed by atoms with van der Waals surface area (Å²) in [5.41, 5.74) is 2.75. The summed E-state index contributed by atoms with van der Waals surface area (Å²) in [4.78, 5) is 27.2. The third-order valence-corrected chi connectivity index (χ3v) is 5.95. The second kappa shape index (κ2) is 12.1. The van der Waals surface area contributed by atoms with Crippen LogP contribution in [0.2, 0.25) is 0 Å². The zero-order chi connectivity index (χ0) is 21.9. The average Bonchev–Trinajstić information content (AvgIpc) is 2.76. The van der Waals surface area contributed by atoms with Gasteiger partial charge in [0.25, 0.3) is 0 Å².